The number of carboxylic acids is 1. The second-order valence-corrected chi connectivity index (χ2v) is 7.10. The molecule has 1 amide bonds. The molecule has 2 aliphatic rings. The molecule has 9 nitrogen and oxygen atoms in total. The number of carbonyl (C=O) groups excluding carboxylic acids is 1. The number of aryl methyl sites for hydroxylation is 1. The molecule has 0 bridgehead atoms. The lowest BCUT2D eigenvalue weighted by atomic mass is 10.1. The molecule has 2 N–H and O–H groups in total. The van der Waals surface area contributed by atoms with Crippen LogP contribution in [0.2, 0.25) is 0 Å². The van der Waals surface area contributed by atoms with Crippen molar-refractivity contribution in [2.75, 3.05) is 31.2 Å². The Morgan fingerprint density at radius 1 is 1.37 bits per heavy atom. The Hall–Kier alpha value is -2.42. The molecule has 1 aromatic rings. The zero-order chi connectivity index (χ0) is 19.6. The fourth-order valence-corrected chi connectivity index (χ4v) is 3.38. The number of carbonyl (C=O) groups is 2. The van der Waals surface area contributed by atoms with Crippen molar-refractivity contribution in [3.8, 4) is 0 Å². The minimum Gasteiger partial charge on any atom is -0.480 e. The minimum atomic E-state index is -1.01. The first-order valence-electron chi connectivity index (χ1n) is 9.35. The zero-order valence-corrected chi connectivity index (χ0v) is 15.7. The van der Waals surface area contributed by atoms with Gasteiger partial charge in [-0.2, -0.15) is 0 Å². The van der Waals surface area contributed by atoms with Crippen molar-refractivity contribution in [3.63, 3.8) is 0 Å². The molecule has 148 valence electrons. The van der Waals surface area contributed by atoms with Gasteiger partial charge in [0.25, 0.3) is 5.56 Å². The number of hydrogen-bond donors (Lipinski definition) is 2. The number of aromatic amines is 1. The molecule has 0 spiro atoms. The maximum Gasteiger partial charge on any atom is 0.326 e. The first-order chi connectivity index (χ1) is 12.9. The van der Waals surface area contributed by atoms with Gasteiger partial charge in [-0.25, -0.2) is 9.78 Å². The van der Waals surface area contributed by atoms with Crippen molar-refractivity contribution >= 4 is 17.8 Å². The van der Waals surface area contributed by atoms with Crippen LogP contribution in [0.15, 0.2) is 4.79 Å². The summed E-state index contributed by atoms with van der Waals surface area (Å²) in [6.07, 6.45) is 2.00. The molecule has 9 heteroatoms. The van der Waals surface area contributed by atoms with E-state index in [-0.39, 0.29) is 30.3 Å². The van der Waals surface area contributed by atoms with E-state index in [1.807, 2.05) is 4.90 Å². The Labute approximate surface area is 157 Å². The number of nitrogens with zero attached hydrogens (tertiary/aromatic N) is 3. The monoisotopic (exact) mass is 378 g/mol. The molecule has 0 aromatic carbocycles. The Bertz CT molecular complexity index is 768. The van der Waals surface area contributed by atoms with E-state index in [2.05, 4.69) is 9.97 Å². The number of ether oxygens (including phenoxy) is 1. The Kier molecular flexibility index (Phi) is 5.79. The number of amides is 1. The number of aromatic nitrogens is 2. The largest absolute Gasteiger partial charge is 0.480 e. The number of anilines is 1. The van der Waals surface area contributed by atoms with Gasteiger partial charge in [-0.15, -0.1) is 0 Å². The van der Waals surface area contributed by atoms with Crippen LogP contribution in [-0.2, 0) is 20.7 Å². The van der Waals surface area contributed by atoms with Crippen molar-refractivity contribution in [2.45, 2.75) is 51.6 Å². The number of nitrogens with one attached hydrogen (secondary N) is 1. The summed E-state index contributed by atoms with van der Waals surface area (Å²) >= 11 is 0. The molecule has 3 rings (SSSR count). The second kappa shape index (κ2) is 8.08. The molecule has 27 heavy (non-hydrogen) atoms. The van der Waals surface area contributed by atoms with Gasteiger partial charge in [0, 0.05) is 36.8 Å². The summed E-state index contributed by atoms with van der Waals surface area (Å²) in [6.45, 7) is 5.82. The van der Waals surface area contributed by atoms with Gasteiger partial charge in [-0.3, -0.25) is 14.6 Å². The maximum absolute atomic E-state index is 12.6. The van der Waals surface area contributed by atoms with Gasteiger partial charge in [0.05, 0.1) is 13.2 Å². The van der Waals surface area contributed by atoms with Crippen LogP contribution in [0.5, 0.6) is 0 Å². The van der Waals surface area contributed by atoms with Gasteiger partial charge in [0.2, 0.25) is 11.9 Å². The number of aliphatic carboxylic acids is 1. The number of rotatable bonds is 7. The van der Waals surface area contributed by atoms with Gasteiger partial charge < -0.3 is 19.6 Å². The summed E-state index contributed by atoms with van der Waals surface area (Å²) in [4.78, 5) is 47.1. The fourth-order valence-electron chi connectivity index (χ4n) is 3.38. The highest BCUT2D eigenvalue weighted by Crippen LogP contribution is 2.29. The summed E-state index contributed by atoms with van der Waals surface area (Å²) in [5.74, 6) is -0.723. The van der Waals surface area contributed by atoms with Crippen LogP contribution in [0.3, 0.4) is 0 Å². The minimum absolute atomic E-state index is 0.00445. The van der Waals surface area contributed by atoms with E-state index in [4.69, 9.17) is 4.74 Å². The van der Waals surface area contributed by atoms with Gasteiger partial charge in [-0.1, -0.05) is 0 Å². The smallest absolute Gasteiger partial charge is 0.326 e. The summed E-state index contributed by atoms with van der Waals surface area (Å²) < 4.78 is 5.31. The number of morpholine rings is 1. The SMILES string of the molecule is Cc1nc(N2CCOCC2)[nH]c(=O)c1CCC(=O)N(C1CC1)C(C)C(=O)O. The third-order valence-corrected chi connectivity index (χ3v) is 5.11. The Balaban J connectivity index is 1.69. The summed E-state index contributed by atoms with van der Waals surface area (Å²) in [6, 6.07) is -0.851. The summed E-state index contributed by atoms with van der Waals surface area (Å²) in [5, 5.41) is 9.23. The number of hydrogen-bond acceptors (Lipinski definition) is 6. The summed E-state index contributed by atoms with van der Waals surface area (Å²) in [5.41, 5.74) is 0.817. The van der Waals surface area contributed by atoms with Gasteiger partial charge in [0.1, 0.15) is 6.04 Å². The van der Waals surface area contributed by atoms with Crippen molar-refractivity contribution in [3.05, 3.63) is 21.6 Å². The highest BCUT2D eigenvalue weighted by Gasteiger charge is 2.38. The van der Waals surface area contributed by atoms with E-state index in [1.54, 1.807) is 6.92 Å². The molecular weight excluding hydrogens is 352 g/mol. The van der Waals surface area contributed by atoms with E-state index in [0.717, 1.165) is 12.8 Å². The molecule has 1 aliphatic carbocycles. The van der Waals surface area contributed by atoms with Crippen molar-refractivity contribution in [1.29, 1.82) is 0 Å². The average Bonchev–Trinajstić information content (AvgIpc) is 3.46. The van der Waals surface area contributed by atoms with Crippen molar-refractivity contribution in [2.24, 2.45) is 0 Å². The van der Waals surface area contributed by atoms with E-state index in [1.165, 1.54) is 11.8 Å². The zero-order valence-electron chi connectivity index (χ0n) is 15.7. The molecule has 0 radical (unpaired) electrons. The van der Waals surface area contributed by atoms with Crippen LogP contribution < -0.4 is 10.5 Å². The summed E-state index contributed by atoms with van der Waals surface area (Å²) in [7, 11) is 0. The van der Waals surface area contributed by atoms with Crippen LogP contribution in [-0.4, -0.2) is 70.2 Å². The van der Waals surface area contributed by atoms with Crippen molar-refractivity contribution in [1.82, 2.24) is 14.9 Å². The molecule has 1 aliphatic heterocycles. The quantitative estimate of drug-likeness (QED) is 0.701. The molecular formula is C18H26N4O5. The molecule has 1 unspecified atom stereocenters. The van der Waals surface area contributed by atoms with Crippen LogP contribution in [0.25, 0.3) is 0 Å². The lowest BCUT2D eigenvalue weighted by molar-refractivity contribution is -0.150. The standard InChI is InChI=1S/C18H26N4O5/c1-11-14(16(24)20-18(19-11)21-7-9-27-10-8-21)5-6-15(23)22(13-3-4-13)12(2)17(25)26/h12-13H,3-10H2,1-2H3,(H,25,26)(H,19,20,24). The topological polar surface area (TPSA) is 116 Å². The van der Waals surface area contributed by atoms with E-state index >= 15 is 0 Å². The first-order valence-corrected chi connectivity index (χ1v) is 9.35. The third kappa shape index (κ3) is 4.47. The molecule has 1 saturated carbocycles. The van der Waals surface area contributed by atoms with Crippen LogP contribution in [0.4, 0.5) is 5.95 Å². The van der Waals surface area contributed by atoms with Crippen LogP contribution in [0, 0.1) is 6.92 Å². The lowest BCUT2D eigenvalue weighted by Crippen LogP contribution is -2.45. The van der Waals surface area contributed by atoms with E-state index < -0.39 is 12.0 Å². The first kappa shape index (κ1) is 19.3. The molecule has 2 fully saturated rings. The molecule has 2 heterocycles. The van der Waals surface area contributed by atoms with Gasteiger partial charge >= 0.3 is 5.97 Å². The normalized spacial score (nSPS) is 18.2. The molecule has 1 saturated heterocycles. The molecule has 1 aromatic heterocycles. The van der Waals surface area contributed by atoms with Crippen molar-refractivity contribution < 1.29 is 19.4 Å². The predicted octanol–water partition coefficient (Wildman–Crippen LogP) is 0.312. The fraction of sp³-hybridized carbons (Fsp3) is 0.667. The number of H-pyrrole nitrogens is 1. The van der Waals surface area contributed by atoms with Gasteiger partial charge in [-0.05, 0) is 33.1 Å². The number of carboxylic acid groups (broad SMARTS) is 1. The van der Waals surface area contributed by atoms with Gasteiger partial charge in [0.15, 0.2) is 0 Å². The van der Waals surface area contributed by atoms with Crippen LogP contribution in [0.1, 0.15) is 37.4 Å². The van der Waals surface area contributed by atoms with E-state index in [9.17, 15) is 19.5 Å². The Morgan fingerprint density at radius 2 is 2.04 bits per heavy atom. The lowest BCUT2D eigenvalue weighted by Gasteiger charge is -2.28. The second-order valence-electron chi connectivity index (χ2n) is 7.10. The van der Waals surface area contributed by atoms with E-state index in [0.29, 0.717) is 43.5 Å². The van der Waals surface area contributed by atoms with Crippen LogP contribution >= 0.6 is 0 Å². The highest BCUT2D eigenvalue weighted by molar-refractivity contribution is 5.84. The molecule has 1 atom stereocenters. The third-order valence-electron chi connectivity index (χ3n) is 5.11. The Morgan fingerprint density at radius 3 is 2.59 bits per heavy atom. The average molecular weight is 378 g/mol. The maximum atomic E-state index is 12.6. The highest BCUT2D eigenvalue weighted by atomic mass is 16.5. The predicted molar refractivity (Wildman–Crippen MR) is 97.9 cm³/mol.